The van der Waals surface area contributed by atoms with Gasteiger partial charge in [-0.2, -0.15) is 0 Å². The molecule has 1 N–H and O–H groups in total. The molecule has 12 atom stereocenters. The molecule has 2 saturated heterocycles. The summed E-state index contributed by atoms with van der Waals surface area (Å²) < 4.78 is 7.24. The van der Waals surface area contributed by atoms with E-state index in [4.69, 9.17) is 4.74 Å². The maximum atomic E-state index is 12.1. The van der Waals surface area contributed by atoms with Crippen molar-refractivity contribution in [2.45, 2.75) is 63.6 Å². The van der Waals surface area contributed by atoms with Crippen molar-refractivity contribution in [3.63, 3.8) is 0 Å². The van der Waals surface area contributed by atoms with Crippen LogP contribution in [-0.2, 0) is 9.53 Å². The van der Waals surface area contributed by atoms with Crippen LogP contribution in [0.2, 0.25) is 0 Å². The van der Waals surface area contributed by atoms with Crippen LogP contribution in [0, 0.1) is 65.1 Å². The first kappa shape index (κ1) is 16.0. The van der Waals surface area contributed by atoms with Gasteiger partial charge in [0.2, 0.25) is 0 Å². The Morgan fingerprint density at radius 2 is 1.78 bits per heavy atom. The highest BCUT2D eigenvalue weighted by Gasteiger charge is 2.80. The van der Waals surface area contributed by atoms with Gasteiger partial charge < -0.3 is 9.84 Å². The van der Waals surface area contributed by atoms with Crippen molar-refractivity contribution in [3.05, 3.63) is 12.2 Å². The van der Waals surface area contributed by atoms with E-state index in [0.717, 1.165) is 23.7 Å². The summed E-state index contributed by atoms with van der Waals surface area (Å²) in [6.45, 7) is 2.25. The van der Waals surface area contributed by atoms with Gasteiger partial charge >= 0.3 is 5.97 Å². The van der Waals surface area contributed by atoms with Gasteiger partial charge in [0.15, 0.2) is 0 Å². The van der Waals surface area contributed by atoms with Crippen LogP contribution in [0.25, 0.3) is 0 Å². The topological polar surface area (TPSA) is 46.5 Å². The number of fused-ring (bicyclic) bond motifs is 16. The Hall–Kier alpha value is -0.830. The van der Waals surface area contributed by atoms with Crippen LogP contribution in [-0.4, -0.2) is 22.8 Å². The third-order valence-electron chi connectivity index (χ3n) is 10.8. The Labute approximate surface area is 161 Å². The van der Waals surface area contributed by atoms with Crippen LogP contribution in [0.1, 0.15) is 51.9 Å². The number of hydrogen-bond donors (Lipinski definition) is 1. The van der Waals surface area contributed by atoms with Crippen LogP contribution in [0.4, 0.5) is 0 Å². The van der Waals surface area contributed by atoms with E-state index in [1.807, 2.05) is 0 Å². The molecule has 2 heterocycles. The first-order valence-corrected chi connectivity index (χ1v) is 11.7. The van der Waals surface area contributed by atoms with Gasteiger partial charge in [-0.15, -0.1) is 0 Å². The van der Waals surface area contributed by atoms with E-state index in [9.17, 15) is 9.90 Å². The second kappa shape index (κ2) is 5.01. The van der Waals surface area contributed by atoms with Crippen LogP contribution < -0.4 is 0 Å². The highest BCUT2D eigenvalue weighted by Crippen LogP contribution is 2.78. The third-order valence-corrected chi connectivity index (χ3v) is 10.8. The van der Waals surface area contributed by atoms with Crippen molar-refractivity contribution in [2.24, 2.45) is 65.1 Å². The van der Waals surface area contributed by atoms with Crippen LogP contribution in [0.15, 0.2) is 12.2 Å². The lowest BCUT2D eigenvalue weighted by atomic mass is 9.49. The van der Waals surface area contributed by atoms with Crippen molar-refractivity contribution >= 4 is 5.97 Å². The van der Waals surface area contributed by atoms with Gasteiger partial charge in [-0.05, 0) is 78.9 Å². The first-order chi connectivity index (χ1) is 13.1. The summed E-state index contributed by atoms with van der Waals surface area (Å²) in [6.07, 6.45) is 14.8. The Bertz CT molecular complexity index is 723. The predicted octanol–water partition coefficient (Wildman–Crippen LogP) is 4.38. The molecule has 0 amide bonds. The average Bonchev–Trinajstić information content (AvgIpc) is 3.45. The fourth-order valence-corrected chi connectivity index (χ4v) is 10.4. The highest BCUT2D eigenvalue weighted by molar-refractivity contribution is 5.72. The fourth-order valence-electron chi connectivity index (χ4n) is 10.4. The maximum absolute atomic E-state index is 12.1. The summed E-state index contributed by atoms with van der Waals surface area (Å²) in [7, 11) is 0. The summed E-state index contributed by atoms with van der Waals surface area (Å²) in [4.78, 5) is 12.1. The van der Waals surface area contributed by atoms with E-state index in [1.54, 1.807) is 0 Å². The number of rotatable bonds is 2. The zero-order valence-electron chi connectivity index (χ0n) is 16.3. The second-order valence-electron chi connectivity index (χ2n) is 11.2. The van der Waals surface area contributed by atoms with E-state index in [0.29, 0.717) is 41.6 Å². The zero-order chi connectivity index (χ0) is 18.1. The highest BCUT2D eigenvalue weighted by atomic mass is 16.5. The third kappa shape index (κ3) is 1.63. The van der Waals surface area contributed by atoms with E-state index >= 15 is 0 Å². The lowest BCUT2D eigenvalue weighted by molar-refractivity contribution is -0.149. The number of carboxylic acids is 1. The molecule has 146 valence electrons. The van der Waals surface area contributed by atoms with Gasteiger partial charge in [-0.3, -0.25) is 4.79 Å². The molecule has 0 aromatic heterocycles. The van der Waals surface area contributed by atoms with Gasteiger partial charge in [0.25, 0.3) is 0 Å². The summed E-state index contributed by atoms with van der Waals surface area (Å²) in [5.74, 6) is 5.52. The molecule has 0 spiro atoms. The van der Waals surface area contributed by atoms with Crippen LogP contribution in [0.3, 0.4) is 0 Å². The zero-order valence-corrected chi connectivity index (χ0v) is 16.3. The number of aliphatic carboxylic acids is 1. The molecule has 7 rings (SSSR count). The molecule has 3 nitrogen and oxygen atoms in total. The standard InChI is InChI=1S/C24H32O3/c1-11-15-10-16(17(11)23(25)26)19-21(15)24(14-5-3-2-4-6-14)20-13-8-7-12(9-13)18(20)22(19)27-24/h7-8,11-22H,2-6,9-10H2,1H3,(H,25,26). The first-order valence-electron chi connectivity index (χ1n) is 11.7. The monoisotopic (exact) mass is 368 g/mol. The summed E-state index contributed by atoms with van der Waals surface area (Å²) in [5, 5.41) is 9.95. The Morgan fingerprint density at radius 3 is 2.56 bits per heavy atom. The SMILES string of the molecule is CC1C2CC(C1C(=O)O)C1C3OC(C4CCCCC4)(C4C5C=CC(C5)C34)C21. The molecule has 7 aliphatic rings. The minimum Gasteiger partial charge on any atom is -0.481 e. The molecule has 3 heteroatoms. The molecule has 5 aliphatic carbocycles. The molecule has 6 fully saturated rings. The van der Waals surface area contributed by atoms with Gasteiger partial charge in [-0.1, -0.05) is 38.3 Å². The molecule has 6 bridgehead atoms. The van der Waals surface area contributed by atoms with Gasteiger partial charge in [0, 0.05) is 5.92 Å². The van der Waals surface area contributed by atoms with Crippen molar-refractivity contribution in [2.75, 3.05) is 0 Å². The van der Waals surface area contributed by atoms with Gasteiger partial charge in [0.05, 0.1) is 17.6 Å². The molecule has 0 aromatic rings. The van der Waals surface area contributed by atoms with E-state index < -0.39 is 5.97 Å². The molecule has 4 saturated carbocycles. The van der Waals surface area contributed by atoms with Crippen molar-refractivity contribution in [3.8, 4) is 0 Å². The van der Waals surface area contributed by atoms with Gasteiger partial charge in [-0.25, -0.2) is 0 Å². The number of ether oxygens (including phenoxy) is 1. The predicted molar refractivity (Wildman–Crippen MR) is 101 cm³/mol. The van der Waals surface area contributed by atoms with E-state index in [-0.39, 0.29) is 11.5 Å². The average molecular weight is 369 g/mol. The fraction of sp³-hybridized carbons (Fsp3) is 0.875. The lowest BCUT2D eigenvalue weighted by Gasteiger charge is -2.53. The van der Waals surface area contributed by atoms with Crippen molar-refractivity contribution in [1.82, 2.24) is 0 Å². The molecule has 27 heavy (non-hydrogen) atoms. The Morgan fingerprint density at radius 1 is 1.00 bits per heavy atom. The van der Waals surface area contributed by atoms with Crippen molar-refractivity contribution < 1.29 is 14.6 Å². The largest absolute Gasteiger partial charge is 0.481 e. The van der Waals surface area contributed by atoms with Crippen LogP contribution in [0.5, 0.6) is 0 Å². The van der Waals surface area contributed by atoms with E-state index in [1.165, 1.54) is 44.9 Å². The normalized spacial score (nSPS) is 62.3. The molecule has 0 radical (unpaired) electrons. The van der Waals surface area contributed by atoms with Crippen LogP contribution >= 0.6 is 0 Å². The number of allylic oxidation sites excluding steroid dienone is 2. The number of carboxylic acid groups (broad SMARTS) is 1. The minimum atomic E-state index is -0.535. The minimum absolute atomic E-state index is 0.0990. The molecule has 2 aliphatic heterocycles. The molecular weight excluding hydrogens is 336 g/mol. The quantitative estimate of drug-likeness (QED) is 0.736. The smallest absolute Gasteiger partial charge is 0.307 e. The Balaban J connectivity index is 1.37. The number of carbonyl (C=O) groups is 1. The second-order valence-corrected chi connectivity index (χ2v) is 11.2. The van der Waals surface area contributed by atoms with E-state index in [2.05, 4.69) is 19.1 Å². The maximum Gasteiger partial charge on any atom is 0.307 e. The summed E-state index contributed by atoms with van der Waals surface area (Å²) in [6, 6.07) is 0. The molecular formula is C24H32O3. The number of hydrogen-bond acceptors (Lipinski definition) is 2. The molecule has 0 aromatic carbocycles. The van der Waals surface area contributed by atoms with Gasteiger partial charge in [0.1, 0.15) is 0 Å². The summed E-state index contributed by atoms with van der Waals surface area (Å²) >= 11 is 0. The summed E-state index contributed by atoms with van der Waals surface area (Å²) in [5.41, 5.74) is 0.0990. The lowest BCUT2D eigenvalue weighted by Crippen LogP contribution is -2.58. The molecule has 12 unspecified atom stereocenters. The Kier molecular flexibility index (Phi) is 2.97. The van der Waals surface area contributed by atoms with Crippen molar-refractivity contribution in [1.29, 1.82) is 0 Å².